The van der Waals surface area contributed by atoms with Crippen LogP contribution in [0.2, 0.25) is 0 Å². The maximum atomic E-state index is 13.9. The zero-order chi connectivity index (χ0) is 24.1. The standard InChI is InChI=1S/C29H36N2O2/c1-18-8-13-24(21(4)15-18)25-26(30-16-19(2)14-20(3)17-30)28(33)31(27(25)32)23-11-9-22(10-12-23)29(5,6)7/h8-13,15,19-20H,14,16-17H2,1-7H3. The summed E-state index contributed by atoms with van der Waals surface area (Å²) in [7, 11) is 0. The van der Waals surface area contributed by atoms with Gasteiger partial charge < -0.3 is 4.90 Å². The highest BCUT2D eigenvalue weighted by Crippen LogP contribution is 2.38. The molecule has 4 rings (SSSR count). The summed E-state index contributed by atoms with van der Waals surface area (Å²) in [5.41, 5.74) is 5.93. The van der Waals surface area contributed by atoms with Crippen LogP contribution in [0.5, 0.6) is 0 Å². The minimum absolute atomic E-state index is 0.00517. The molecule has 4 heteroatoms. The van der Waals surface area contributed by atoms with Gasteiger partial charge in [-0.25, -0.2) is 4.90 Å². The monoisotopic (exact) mass is 444 g/mol. The van der Waals surface area contributed by atoms with Gasteiger partial charge in [-0.05, 0) is 66.3 Å². The first-order chi connectivity index (χ1) is 15.5. The molecule has 2 atom stereocenters. The number of benzene rings is 2. The third kappa shape index (κ3) is 4.36. The molecule has 2 unspecified atom stereocenters. The van der Waals surface area contributed by atoms with Crippen molar-refractivity contribution in [2.75, 3.05) is 18.0 Å². The summed E-state index contributed by atoms with van der Waals surface area (Å²) in [5, 5.41) is 0. The van der Waals surface area contributed by atoms with E-state index in [0.717, 1.165) is 36.2 Å². The second kappa shape index (κ2) is 8.48. The Morgan fingerprint density at radius 2 is 1.45 bits per heavy atom. The average Bonchev–Trinajstić information content (AvgIpc) is 2.97. The Bertz CT molecular complexity index is 1110. The van der Waals surface area contributed by atoms with E-state index >= 15 is 0 Å². The average molecular weight is 445 g/mol. The molecule has 2 aliphatic heterocycles. The predicted octanol–water partition coefficient (Wildman–Crippen LogP) is 5.86. The number of imide groups is 1. The summed E-state index contributed by atoms with van der Waals surface area (Å²) >= 11 is 0. The maximum Gasteiger partial charge on any atom is 0.282 e. The zero-order valence-electron chi connectivity index (χ0n) is 21.0. The van der Waals surface area contributed by atoms with Gasteiger partial charge >= 0.3 is 0 Å². The van der Waals surface area contributed by atoms with Gasteiger partial charge in [-0.15, -0.1) is 0 Å². The number of hydrogen-bond acceptors (Lipinski definition) is 3. The summed E-state index contributed by atoms with van der Waals surface area (Å²) in [4.78, 5) is 31.3. The largest absolute Gasteiger partial charge is 0.366 e. The number of amides is 2. The van der Waals surface area contributed by atoms with Gasteiger partial charge in [-0.3, -0.25) is 9.59 Å². The summed E-state index contributed by atoms with van der Waals surface area (Å²) in [6, 6.07) is 14.0. The Morgan fingerprint density at radius 3 is 2.00 bits per heavy atom. The second-order valence-electron chi connectivity index (χ2n) is 11.1. The highest BCUT2D eigenvalue weighted by Gasteiger charge is 2.44. The number of piperidine rings is 1. The smallest absolute Gasteiger partial charge is 0.282 e. The van der Waals surface area contributed by atoms with Crippen LogP contribution in [0.4, 0.5) is 5.69 Å². The van der Waals surface area contributed by atoms with Crippen LogP contribution in [-0.2, 0) is 15.0 Å². The molecule has 0 spiro atoms. The van der Waals surface area contributed by atoms with E-state index in [1.807, 2.05) is 50.2 Å². The molecule has 0 bridgehead atoms. The number of aryl methyl sites for hydroxylation is 2. The first kappa shape index (κ1) is 23.3. The molecule has 1 saturated heterocycles. The van der Waals surface area contributed by atoms with Gasteiger partial charge in [0.05, 0.1) is 11.3 Å². The van der Waals surface area contributed by atoms with Crippen molar-refractivity contribution >= 4 is 23.1 Å². The summed E-state index contributed by atoms with van der Waals surface area (Å²) in [6.45, 7) is 16.6. The van der Waals surface area contributed by atoms with Crippen LogP contribution >= 0.6 is 0 Å². The Hall–Kier alpha value is -2.88. The van der Waals surface area contributed by atoms with E-state index in [-0.39, 0.29) is 17.2 Å². The highest BCUT2D eigenvalue weighted by atomic mass is 16.2. The number of rotatable bonds is 3. The molecule has 2 aromatic carbocycles. The fraction of sp³-hybridized carbons (Fsp3) is 0.448. The Balaban J connectivity index is 1.82. The number of anilines is 1. The molecule has 4 nitrogen and oxygen atoms in total. The number of hydrogen-bond donors (Lipinski definition) is 0. The molecule has 1 fully saturated rings. The number of carbonyl (C=O) groups is 2. The lowest BCUT2D eigenvalue weighted by molar-refractivity contribution is -0.120. The van der Waals surface area contributed by atoms with Crippen molar-refractivity contribution in [3.63, 3.8) is 0 Å². The highest BCUT2D eigenvalue weighted by molar-refractivity contribution is 6.45. The molecule has 0 aliphatic carbocycles. The first-order valence-corrected chi connectivity index (χ1v) is 12.0. The van der Waals surface area contributed by atoms with Crippen molar-refractivity contribution in [2.45, 2.75) is 60.3 Å². The molecular weight excluding hydrogens is 408 g/mol. The fourth-order valence-electron chi connectivity index (χ4n) is 5.34. The predicted molar refractivity (Wildman–Crippen MR) is 135 cm³/mol. The third-order valence-electron chi connectivity index (χ3n) is 6.89. The summed E-state index contributed by atoms with van der Waals surface area (Å²) in [5.74, 6) is 0.519. The molecule has 174 valence electrons. The minimum atomic E-state index is -0.226. The van der Waals surface area contributed by atoms with E-state index in [0.29, 0.717) is 28.8 Å². The molecule has 33 heavy (non-hydrogen) atoms. The molecule has 0 radical (unpaired) electrons. The van der Waals surface area contributed by atoms with E-state index in [2.05, 4.69) is 45.6 Å². The van der Waals surface area contributed by atoms with Crippen molar-refractivity contribution in [1.82, 2.24) is 4.90 Å². The Morgan fingerprint density at radius 1 is 0.848 bits per heavy atom. The van der Waals surface area contributed by atoms with Crippen LogP contribution in [0, 0.1) is 25.7 Å². The van der Waals surface area contributed by atoms with E-state index < -0.39 is 0 Å². The van der Waals surface area contributed by atoms with Crippen molar-refractivity contribution in [3.05, 3.63) is 70.4 Å². The first-order valence-electron chi connectivity index (χ1n) is 12.0. The Kier molecular flexibility index (Phi) is 5.98. The molecule has 2 amide bonds. The molecule has 2 aromatic rings. The molecular formula is C29H36N2O2. The van der Waals surface area contributed by atoms with Gasteiger partial charge in [0.15, 0.2) is 0 Å². The van der Waals surface area contributed by atoms with Crippen LogP contribution in [0.25, 0.3) is 5.57 Å². The van der Waals surface area contributed by atoms with E-state index in [1.165, 1.54) is 10.5 Å². The van der Waals surface area contributed by atoms with Crippen LogP contribution in [-0.4, -0.2) is 29.8 Å². The van der Waals surface area contributed by atoms with Gasteiger partial charge in [-0.2, -0.15) is 0 Å². The zero-order valence-corrected chi connectivity index (χ0v) is 21.0. The molecule has 0 saturated carbocycles. The van der Waals surface area contributed by atoms with E-state index in [4.69, 9.17) is 0 Å². The Labute approximate surface area is 198 Å². The quantitative estimate of drug-likeness (QED) is 0.557. The molecule has 0 N–H and O–H groups in total. The third-order valence-corrected chi connectivity index (χ3v) is 6.89. The van der Waals surface area contributed by atoms with Crippen LogP contribution in [0.15, 0.2) is 48.2 Å². The summed E-state index contributed by atoms with van der Waals surface area (Å²) in [6.07, 6.45) is 1.14. The SMILES string of the molecule is Cc1ccc(C2=C(N3CC(C)CC(C)C3)C(=O)N(c3ccc(C(C)(C)C)cc3)C2=O)c(C)c1. The topological polar surface area (TPSA) is 40.6 Å². The lowest BCUT2D eigenvalue weighted by Crippen LogP contribution is -2.42. The number of likely N-dealkylation sites (tertiary alicyclic amines) is 1. The lowest BCUT2D eigenvalue weighted by Gasteiger charge is -2.37. The van der Waals surface area contributed by atoms with Crippen molar-refractivity contribution < 1.29 is 9.59 Å². The maximum absolute atomic E-state index is 13.9. The molecule has 2 heterocycles. The number of carbonyl (C=O) groups excluding carboxylic acids is 2. The second-order valence-corrected chi connectivity index (χ2v) is 11.1. The fourth-order valence-corrected chi connectivity index (χ4v) is 5.34. The minimum Gasteiger partial charge on any atom is -0.366 e. The van der Waals surface area contributed by atoms with Crippen molar-refractivity contribution in [2.24, 2.45) is 11.8 Å². The van der Waals surface area contributed by atoms with Gasteiger partial charge in [0.25, 0.3) is 11.8 Å². The van der Waals surface area contributed by atoms with Crippen molar-refractivity contribution in [3.8, 4) is 0 Å². The van der Waals surface area contributed by atoms with Gasteiger partial charge in [0, 0.05) is 13.1 Å². The van der Waals surface area contributed by atoms with Gasteiger partial charge in [0.1, 0.15) is 5.70 Å². The molecule has 0 aromatic heterocycles. The van der Waals surface area contributed by atoms with E-state index in [1.54, 1.807) is 0 Å². The van der Waals surface area contributed by atoms with Crippen LogP contribution < -0.4 is 4.90 Å². The van der Waals surface area contributed by atoms with Gasteiger partial charge in [0.2, 0.25) is 0 Å². The summed E-state index contributed by atoms with van der Waals surface area (Å²) < 4.78 is 0. The van der Waals surface area contributed by atoms with E-state index in [9.17, 15) is 9.59 Å². The van der Waals surface area contributed by atoms with Crippen molar-refractivity contribution in [1.29, 1.82) is 0 Å². The van der Waals surface area contributed by atoms with Crippen LogP contribution in [0.1, 0.15) is 63.3 Å². The number of nitrogens with zero attached hydrogens (tertiary/aromatic N) is 2. The van der Waals surface area contributed by atoms with Gasteiger partial charge in [-0.1, -0.05) is 70.5 Å². The van der Waals surface area contributed by atoms with Crippen LogP contribution in [0.3, 0.4) is 0 Å². The molecule has 2 aliphatic rings. The lowest BCUT2D eigenvalue weighted by atomic mass is 9.87. The normalized spacial score (nSPS) is 21.9.